The van der Waals surface area contributed by atoms with Crippen molar-refractivity contribution in [2.75, 3.05) is 25.1 Å². The van der Waals surface area contributed by atoms with Crippen molar-refractivity contribution in [2.45, 2.75) is 38.6 Å². The van der Waals surface area contributed by atoms with E-state index in [1.807, 2.05) is 71.6 Å². The number of hydrogen-bond acceptors (Lipinski definition) is 5. The van der Waals surface area contributed by atoms with Crippen LogP contribution in [0.5, 0.6) is 0 Å². The minimum absolute atomic E-state index is 0.0207. The number of amidine groups is 1. The largest absolute Gasteiger partial charge is 0.469 e. The Morgan fingerprint density at radius 2 is 1.62 bits per heavy atom. The molecule has 8 nitrogen and oxygen atoms in total. The van der Waals surface area contributed by atoms with Crippen molar-refractivity contribution in [1.82, 2.24) is 4.90 Å². The average molecular weight is 541 g/mol. The van der Waals surface area contributed by atoms with Gasteiger partial charge in [-0.1, -0.05) is 66.7 Å². The summed E-state index contributed by atoms with van der Waals surface area (Å²) in [6.45, 7) is 2.42. The van der Waals surface area contributed by atoms with Crippen molar-refractivity contribution in [1.29, 1.82) is 5.41 Å². The maximum absolute atomic E-state index is 13.4. The third-order valence-electron chi connectivity index (χ3n) is 7.46. The van der Waals surface area contributed by atoms with E-state index in [2.05, 4.69) is 12.1 Å². The highest BCUT2D eigenvalue weighted by molar-refractivity contribution is 5.95. The lowest BCUT2D eigenvalue weighted by Gasteiger charge is -2.30. The van der Waals surface area contributed by atoms with Crippen LogP contribution in [-0.2, 0) is 25.5 Å². The summed E-state index contributed by atoms with van der Waals surface area (Å²) in [6.07, 6.45) is 2.15. The van der Waals surface area contributed by atoms with Gasteiger partial charge >= 0.3 is 5.97 Å². The van der Waals surface area contributed by atoms with Crippen molar-refractivity contribution in [3.8, 4) is 11.1 Å². The van der Waals surface area contributed by atoms with Gasteiger partial charge in [0, 0.05) is 31.3 Å². The fourth-order valence-corrected chi connectivity index (χ4v) is 5.29. The summed E-state index contributed by atoms with van der Waals surface area (Å²) in [6, 6.07) is 25.1. The fraction of sp³-hybridized carbons (Fsp3) is 0.312. The summed E-state index contributed by atoms with van der Waals surface area (Å²) >= 11 is 0. The quantitative estimate of drug-likeness (QED) is 0.212. The highest BCUT2D eigenvalue weighted by atomic mass is 16.5. The molecule has 1 heterocycles. The van der Waals surface area contributed by atoms with Crippen LogP contribution in [0.25, 0.3) is 11.1 Å². The maximum Gasteiger partial charge on any atom is 0.306 e. The van der Waals surface area contributed by atoms with Gasteiger partial charge in [-0.25, -0.2) is 0 Å². The molecule has 0 spiro atoms. The van der Waals surface area contributed by atoms with Crippen LogP contribution in [0, 0.1) is 11.3 Å². The molecule has 208 valence electrons. The van der Waals surface area contributed by atoms with Crippen LogP contribution in [0.15, 0.2) is 78.9 Å². The number of amides is 2. The van der Waals surface area contributed by atoms with Crippen molar-refractivity contribution in [2.24, 2.45) is 11.7 Å². The number of likely N-dealkylation sites (tertiary alicyclic amines) is 1. The highest BCUT2D eigenvalue weighted by Crippen LogP contribution is 2.31. The molecule has 1 aliphatic heterocycles. The van der Waals surface area contributed by atoms with E-state index in [9.17, 15) is 14.4 Å². The van der Waals surface area contributed by atoms with Crippen LogP contribution in [0.1, 0.15) is 37.3 Å². The lowest BCUT2D eigenvalue weighted by atomic mass is 10.0. The van der Waals surface area contributed by atoms with Gasteiger partial charge in [0.05, 0.1) is 25.5 Å². The van der Waals surface area contributed by atoms with E-state index in [4.69, 9.17) is 15.9 Å². The molecule has 4 rings (SSSR count). The maximum atomic E-state index is 13.4. The molecule has 3 aromatic rings. The van der Waals surface area contributed by atoms with E-state index in [-0.39, 0.29) is 30.1 Å². The standard InChI is InChI=1S/C32H36N4O4/c1-22(37)36(28-16-14-25(15-17-28)24-10-12-26(13-11-24)31(33)34)21-29-19-27(20-30(38)40-2)32(39)35(29)18-6-9-23-7-4-3-5-8-23/h3-5,7-8,10-17,27,29H,6,9,18-21H2,1-2H3,(H3,33,34)/t27-,29-/m0/s1. The smallest absolute Gasteiger partial charge is 0.306 e. The number of nitrogens with zero attached hydrogens (tertiary/aromatic N) is 2. The first-order valence-electron chi connectivity index (χ1n) is 13.5. The summed E-state index contributed by atoms with van der Waals surface area (Å²) in [5, 5.41) is 7.57. The molecule has 3 N–H and O–H groups in total. The molecule has 8 heteroatoms. The van der Waals surface area contributed by atoms with Crippen LogP contribution < -0.4 is 10.6 Å². The van der Waals surface area contributed by atoms with E-state index < -0.39 is 11.9 Å². The summed E-state index contributed by atoms with van der Waals surface area (Å²) in [7, 11) is 1.33. The first-order valence-corrected chi connectivity index (χ1v) is 13.5. The Bertz CT molecular complexity index is 1340. The van der Waals surface area contributed by atoms with Crippen molar-refractivity contribution in [3.63, 3.8) is 0 Å². The normalized spacial score (nSPS) is 16.6. The number of hydrogen-bond donors (Lipinski definition) is 2. The predicted octanol–water partition coefficient (Wildman–Crippen LogP) is 4.40. The molecule has 2 atom stereocenters. The van der Waals surface area contributed by atoms with Gasteiger partial charge in [0.2, 0.25) is 11.8 Å². The zero-order valence-corrected chi connectivity index (χ0v) is 23.0. The zero-order valence-electron chi connectivity index (χ0n) is 23.0. The summed E-state index contributed by atoms with van der Waals surface area (Å²) in [4.78, 5) is 41.7. The molecule has 0 aromatic heterocycles. The van der Waals surface area contributed by atoms with Gasteiger partial charge in [-0.15, -0.1) is 0 Å². The number of methoxy groups -OCH3 is 1. The molecular formula is C32H36N4O4. The summed E-state index contributed by atoms with van der Waals surface area (Å²) in [5.41, 5.74) is 10.1. The highest BCUT2D eigenvalue weighted by Gasteiger charge is 2.41. The van der Waals surface area contributed by atoms with Gasteiger partial charge < -0.3 is 20.3 Å². The average Bonchev–Trinajstić information content (AvgIpc) is 3.25. The molecule has 0 bridgehead atoms. The van der Waals surface area contributed by atoms with Crippen molar-refractivity contribution in [3.05, 3.63) is 90.0 Å². The van der Waals surface area contributed by atoms with Crippen LogP contribution in [0.2, 0.25) is 0 Å². The zero-order chi connectivity index (χ0) is 28.6. The monoisotopic (exact) mass is 540 g/mol. The Hall–Kier alpha value is -4.46. The van der Waals surface area contributed by atoms with Crippen LogP contribution in [0.4, 0.5) is 5.69 Å². The fourth-order valence-electron chi connectivity index (χ4n) is 5.29. The van der Waals surface area contributed by atoms with Gasteiger partial charge in [-0.2, -0.15) is 0 Å². The van der Waals surface area contributed by atoms with E-state index in [1.54, 1.807) is 4.90 Å². The third-order valence-corrected chi connectivity index (χ3v) is 7.46. The SMILES string of the molecule is COC(=O)C[C@@H]1C[C@@H](CN(C(C)=O)c2ccc(-c3ccc(C(=N)N)cc3)cc2)N(CCCc2ccccc2)C1=O. The lowest BCUT2D eigenvalue weighted by Crippen LogP contribution is -2.44. The molecule has 1 saturated heterocycles. The number of esters is 1. The number of carbonyl (C=O) groups is 3. The van der Waals surface area contributed by atoms with Crippen LogP contribution >= 0.6 is 0 Å². The Labute approximate surface area is 235 Å². The van der Waals surface area contributed by atoms with E-state index in [0.29, 0.717) is 25.1 Å². The lowest BCUT2D eigenvalue weighted by molar-refractivity contribution is -0.144. The van der Waals surface area contributed by atoms with E-state index in [0.717, 1.165) is 29.7 Å². The molecule has 1 aliphatic rings. The van der Waals surface area contributed by atoms with Gasteiger partial charge in [0.25, 0.3) is 0 Å². The molecule has 40 heavy (non-hydrogen) atoms. The molecule has 0 saturated carbocycles. The summed E-state index contributed by atoms with van der Waals surface area (Å²) in [5.74, 6) is -1.02. The number of ether oxygens (including phenoxy) is 1. The Morgan fingerprint density at radius 3 is 2.20 bits per heavy atom. The second-order valence-electron chi connectivity index (χ2n) is 10.2. The minimum Gasteiger partial charge on any atom is -0.469 e. The number of rotatable bonds is 11. The molecule has 1 fully saturated rings. The Kier molecular flexibility index (Phi) is 9.32. The van der Waals surface area contributed by atoms with Crippen molar-refractivity contribution >= 4 is 29.3 Å². The number of nitrogens with two attached hydrogens (primary N) is 1. The molecule has 2 amide bonds. The second kappa shape index (κ2) is 13.1. The molecule has 0 radical (unpaired) electrons. The topological polar surface area (TPSA) is 117 Å². The van der Waals surface area contributed by atoms with Crippen LogP contribution in [0.3, 0.4) is 0 Å². The molecule has 0 unspecified atom stereocenters. The number of benzene rings is 3. The first kappa shape index (κ1) is 28.5. The first-order chi connectivity index (χ1) is 19.3. The second-order valence-corrected chi connectivity index (χ2v) is 10.2. The van der Waals surface area contributed by atoms with Crippen LogP contribution in [-0.4, -0.2) is 54.8 Å². The number of aryl methyl sites for hydroxylation is 1. The van der Waals surface area contributed by atoms with E-state index >= 15 is 0 Å². The molecule has 3 aromatic carbocycles. The number of nitrogen functional groups attached to an aromatic ring is 1. The number of carbonyl (C=O) groups excluding carboxylic acids is 3. The number of nitrogens with one attached hydrogen (secondary N) is 1. The van der Waals surface area contributed by atoms with E-state index in [1.165, 1.54) is 19.6 Å². The van der Waals surface area contributed by atoms with Gasteiger partial charge in [-0.3, -0.25) is 19.8 Å². The van der Waals surface area contributed by atoms with Gasteiger partial charge in [0.15, 0.2) is 0 Å². The Morgan fingerprint density at radius 1 is 1.00 bits per heavy atom. The Balaban J connectivity index is 1.50. The minimum atomic E-state index is -0.455. The van der Waals surface area contributed by atoms with Gasteiger partial charge in [-0.05, 0) is 48.1 Å². The summed E-state index contributed by atoms with van der Waals surface area (Å²) < 4.78 is 4.83. The molecular weight excluding hydrogens is 504 g/mol. The van der Waals surface area contributed by atoms with Crippen molar-refractivity contribution < 1.29 is 19.1 Å². The molecule has 0 aliphatic carbocycles. The van der Waals surface area contributed by atoms with Gasteiger partial charge in [0.1, 0.15) is 5.84 Å². The third kappa shape index (κ3) is 6.94. The number of anilines is 1. The predicted molar refractivity (Wildman–Crippen MR) is 156 cm³/mol.